The number of benzene rings is 1. The molecule has 0 bridgehead atoms. The minimum absolute atomic E-state index is 0.0121. The number of thiophene rings is 1. The number of halogens is 1. The molecule has 3 nitrogen and oxygen atoms in total. The van der Waals surface area contributed by atoms with Crippen molar-refractivity contribution in [3.05, 3.63) is 64.1 Å². The molecule has 2 aromatic rings. The third kappa shape index (κ3) is 4.10. The van der Waals surface area contributed by atoms with E-state index in [2.05, 4.69) is 0 Å². The Morgan fingerprint density at radius 2 is 1.96 bits per heavy atom. The highest BCUT2D eigenvalue weighted by Gasteiger charge is 2.27. The summed E-state index contributed by atoms with van der Waals surface area (Å²) < 4.78 is 13.0. The largest absolute Gasteiger partial charge is 0.388 e. The predicted molar refractivity (Wildman–Crippen MR) is 94.0 cm³/mol. The SMILES string of the molecule is O=C(/C=C/c1cccs1)N1CCC([C@@H](O)c2ccc(F)cc2)CC1. The van der Waals surface area contributed by atoms with E-state index in [0.717, 1.165) is 23.3 Å². The Kier molecular flexibility index (Phi) is 5.43. The minimum Gasteiger partial charge on any atom is -0.388 e. The lowest BCUT2D eigenvalue weighted by Crippen LogP contribution is -2.38. The molecule has 0 saturated carbocycles. The first kappa shape index (κ1) is 16.9. The summed E-state index contributed by atoms with van der Waals surface area (Å²) in [5.74, 6) is -0.192. The van der Waals surface area contributed by atoms with Crippen LogP contribution in [-0.4, -0.2) is 29.0 Å². The Balaban J connectivity index is 1.53. The zero-order valence-electron chi connectivity index (χ0n) is 13.3. The van der Waals surface area contributed by atoms with Gasteiger partial charge < -0.3 is 10.0 Å². The second-order valence-electron chi connectivity index (χ2n) is 6.01. The smallest absolute Gasteiger partial charge is 0.246 e. The van der Waals surface area contributed by atoms with Crippen molar-refractivity contribution < 1.29 is 14.3 Å². The molecule has 126 valence electrons. The number of hydrogen-bond donors (Lipinski definition) is 1. The molecule has 0 spiro atoms. The number of amides is 1. The van der Waals surface area contributed by atoms with E-state index in [-0.39, 0.29) is 17.6 Å². The van der Waals surface area contributed by atoms with Gasteiger partial charge in [0.2, 0.25) is 5.91 Å². The third-order valence-electron chi connectivity index (χ3n) is 4.44. The van der Waals surface area contributed by atoms with Gasteiger partial charge >= 0.3 is 0 Å². The van der Waals surface area contributed by atoms with Crippen LogP contribution < -0.4 is 0 Å². The molecular formula is C19H20FNO2S. The van der Waals surface area contributed by atoms with Crippen molar-refractivity contribution in [2.75, 3.05) is 13.1 Å². The first-order valence-electron chi connectivity index (χ1n) is 8.07. The number of piperidine rings is 1. The molecule has 1 aliphatic rings. The van der Waals surface area contributed by atoms with Gasteiger partial charge in [-0.25, -0.2) is 4.39 Å². The number of hydrogen-bond acceptors (Lipinski definition) is 3. The fourth-order valence-electron chi connectivity index (χ4n) is 3.01. The Morgan fingerprint density at radius 3 is 2.58 bits per heavy atom. The summed E-state index contributed by atoms with van der Waals surface area (Å²) in [6.07, 6.45) is 4.34. The Labute approximate surface area is 145 Å². The maximum absolute atomic E-state index is 13.0. The van der Waals surface area contributed by atoms with E-state index < -0.39 is 6.10 Å². The van der Waals surface area contributed by atoms with E-state index in [1.165, 1.54) is 12.1 Å². The van der Waals surface area contributed by atoms with Crippen molar-refractivity contribution in [3.63, 3.8) is 0 Å². The molecular weight excluding hydrogens is 325 g/mol. The summed E-state index contributed by atoms with van der Waals surface area (Å²) in [6.45, 7) is 1.27. The Bertz CT molecular complexity index is 689. The van der Waals surface area contributed by atoms with Gasteiger partial charge in [0.25, 0.3) is 0 Å². The van der Waals surface area contributed by atoms with Crippen LogP contribution >= 0.6 is 11.3 Å². The van der Waals surface area contributed by atoms with Crippen LogP contribution in [-0.2, 0) is 4.79 Å². The first-order valence-corrected chi connectivity index (χ1v) is 8.95. The van der Waals surface area contributed by atoms with Crippen LogP contribution in [0.1, 0.15) is 29.4 Å². The topological polar surface area (TPSA) is 40.5 Å². The maximum Gasteiger partial charge on any atom is 0.246 e. The lowest BCUT2D eigenvalue weighted by molar-refractivity contribution is -0.127. The first-order chi connectivity index (χ1) is 11.6. The van der Waals surface area contributed by atoms with Gasteiger partial charge in [-0.3, -0.25) is 4.79 Å². The highest BCUT2D eigenvalue weighted by atomic mass is 32.1. The highest BCUT2D eigenvalue weighted by Crippen LogP contribution is 2.30. The lowest BCUT2D eigenvalue weighted by atomic mass is 9.87. The van der Waals surface area contributed by atoms with Gasteiger partial charge in [-0.2, -0.15) is 0 Å². The molecule has 1 amide bonds. The maximum atomic E-state index is 13.0. The van der Waals surface area contributed by atoms with Gasteiger partial charge in [-0.05, 0) is 54.0 Å². The molecule has 1 aromatic carbocycles. The van der Waals surface area contributed by atoms with Crippen molar-refractivity contribution in [2.45, 2.75) is 18.9 Å². The molecule has 1 aliphatic heterocycles. The number of aliphatic hydroxyl groups excluding tert-OH is 1. The van der Waals surface area contributed by atoms with Gasteiger partial charge in [0, 0.05) is 24.0 Å². The molecule has 1 N–H and O–H groups in total. The van der Waals surface area contributed by atoms with E-state index in [1.54, 1.807) is 29.5 Å². The molecule has 1 saturated heterocycles. The number of nitrogens with zero attached hydrogens (tertiary/aromatic N) is 1. The van der Waals surface area contributed by atoms with Gasteiger partial charge in [-0.1, -0.05) is 18.2 Å². The fraction of sp³-hybridized carbons (Fsp3) is 0.316. The van der Waals surface area contributed by atoms with Crippen molar-refractivity contribution in [2.24, 2.45) is 5.92 Å². The summed E-state index contributed by atoms with van der Waals surface area (Å²) in [7, 11) is 0. The lowest BCUT2D eigenvalue weighted by Gasteiger charge is -2.33. The Hall–Kier alpha value is -1.98. The molecule has 2 heterocycles. The zero-order chi connectivity index (χ0) is 16.9. The Morgan fingerprint density at radius 1 is 1.25 bits per heavy atom. The van der Waals surface area contributed by atoms with Crippen LogP contribution in [0, 0.1) is 11.7 Å². The third-order valence-corrected chi connectivity index (χ3v) is 5.28. The van der Waals surface area contributed by atoms with E-state index >= 15 is 0 Å². The average molecular weight is 345 g/mol. The van der Waals surface area contributed by atoms with E-state index in [0.29, 0.717) is 13.1 Å². The second-order valence-corrected chi connectivity index (χ2v) is 6.99. The molecule has 24 heavy (non-hydrogen) atoms. The molecule has 5 heteroatoms. The van der Waals surface area contributed by atoms with Crippen LogP contribution in [0.25, 0.3) is 6.08 Å². The number of aliphatic hydroxyl groups is 1. The molecule has 1 aromatic heterocycles. The van der Waals surface area contributed by atoms with Crippen molar-refractivity contribution in [3.8, 4) is 0 Å². The van der Waals surface area contributed by atoms with Crippen molar-refractivity contribution in [1.82, 2.24) is 4.90 Å². The summed E-state index contributed by atoms with van der Waals surface area (Å²) in [5.41, 5.74) is 0.735. The van der Waals surface area contributed by atoms with Crippen LogP contribution in [0.4, 0.5) is 4.39 Å². The molecule has 0 unspecified atom stereocenters. The van der Waals surface area contributed by atoms with Crippen LogP contribution in [0.5, 0.6) is 0 Å². The summed E-state index contributed by atoms with van der Waals surface area (Å²) in [6, 6.07) is 9.92. The summed E-state index contributed by atoms with van der Waals surface area (Å²) in [4.78, 5) is 15.1. The minimum atomic E-state index is -0.607. The summed E-state index contributed by atoms with van der Waals surface area (Å²) >= 11 is 1.60. The molecule has 0 aliphatic carbocycles. The van der Waals surface area contributed by atoms with Gasteiger partial charge in [0.05, 0.1) is 6.10 Å². The van der Waals surface area contributed by atoms with E-state index in [9.17, 15) is 14.3 Å². The van der Waals surface area contributed by atoms with Gasteiger partial charge in [-0.15, -0.1) is 11.3 Å². The van der Waals surface area contributed by atoms with Gasteiger partial charge in [0.15, 0.2) is 0 Å². The standard InChI is InChI=1S/C19H20FNO2S/c20-16-5-3-14(4-6-16)19(23)15-9-11-21(12-10-15)18(22)8-7-17-2-1-13-24-17/h1-8,13,15,19,23H,9-12H2/b8-7+/t19-/m0/s1. The monoisotopic (exact) mass is 345 g/mol. The number of carbonyl (C=O) groups is 1. The molecule has 1 fully saturated rings. The quantitative estimate of drug-likeness (QED) is 0.855. The molecule has 0 radical (unpaired) electrons. The molecule has 1 atom stereocenters. The molecule has 3 rings (SSSR count). The number of rotatable bonds is 4. The number of likely N-dealkylation sites (tertiary alicyclic amines) is 1. The predicted octanol–water partition coefficient (Wildman–Crippen LogP) is 3.87. The van der Waals surface area contributed by atoms with Crippen LogP contribution in [0.3, 0.4) is 0 Å². The fourth-order valence-corrected chi connectivity index (χ4v) is 3.63. The highest BCUT2D eigenvalue weighted by molar-refractivity contribution is 7.10. The van der Waals surface area contributed by atoms with E-state index in [4.69, 9.17) is 0 Å². The second kappa shape index (κ2) is 7.73. The van der Waals surface area contributed by atoms with E-state index in [1.807, 2.05) is 28.5 Å². The van der Waals surface area contributed by atoms with Crippen LogP contribution in [0.2, 0.25) is 0 Å². The van der Waals surface area contributed by atoms with Gasteiger partial charge in [0.1, 0.15) is 5.82 Å². The van der Waals surface area contributed by atoms with Crippen molar-refractivity contribution >= 4 is 23.3 Å². The average Bonchev–Trinajstić information content (AvgIpc) is 3.13. The summed E-state index contributed by atoms with van der Waals surface area (Å²) in [5, 5.41) is 12.4. The van der Waals surface area contributed by atoms with Crippen LogP contribution in [0.15, 0.2) is 47.9 Å². The normalized spacial score (nSPS) is 17.3. The zero-order valence-corrected chi connectivity index (χ0v) is 14.1. The van der Waals surface area contributed by atoms with Crippen molar-refractivity contribution in [1.29, 1.82) is 0 Å². The number of carbonyl (C=O) groups excluding carboxylic acids is 1.